The zero-order valence-electron chi connectivity index (χ0n) is 11.1. The summed E-state index contributed by atoms with van der Waals surface area (Å²) in [6.07, 6.45) is 5.20. The lowest BCUT2D eigenvalue weighted by Gasteiger charge is -2.15. The average Bonchev–Trinajstić information content (AvgIpc) is 2.97. The molecule has 1 aromatic carbocycles. The number of hydrogen-bond donors (Lipinski definition) is 3. The Labute approximate surface area is 117 Å². The Bertz CT molecular complexity index is 513. The van der Waals surface area contributed by atoms with Crippen molar-refractivity contribution < 1.29 is 9.63 Å². The van der Waals surface area contributed by atoms with Gasteiger partial charge in [-0.3, -0.25) is 4.84 Å². The van der Waals surface area contributed by atoms with Gasteiger partial charge in [0.1, 0.15) is 0 Å². The average molecular weight is 274 g/mol. The Morgan fingerprint density at radius 1 is 1.40 bits per heavy atom. The quantitative estimate of drug-likeness (QED) is 0.671. The van der Waals surface area contributed by atoms with Crippen LogP contribution in [0.1, 0.15) is 23.6 Å². The van der Waals surface area contributed by atoms with Crippen LogP contribution in [0.3, 0.4) is 0 Å². The summed E-state index contributed by atoms with van der Waals surface area (Å²) in [5.74, 6) is 0.115. The molecule has 2 amide bonds. The number of imidazole rings is 1. The van der Waals surface area contributed by atoms with Crippen molar-refractivity contribution in [3.8, 4) is 0 Å². The maximum atomic E-state index is 10.6. The number of aromatic nitrogens is 2. The molecule has 0 aliphatic rings. The Morgan fingerprint density at radius 2 is 2.20 bits per heavy atom. The second-order valence-corrected chi connectivity index (χ2v) is 4.51. The number of H-pyrrole nitrogens is 1. The number of hydrogen-bond acceptors (Lipinski definition) is 3. The van der Waals surface area contributed by atoms with Crippen molar-refractivity contribution in [2.75, 3.05) is 6.61 Å². The van der Waals surface area contributed by atoms with Crippen LogP contribution < -0.4 is 11.2 Å². The summed E-state index contributed by atoms with van der Waals surface area (Å²) in [5, 5.41) is 0. The molecule has 0 saturated carbocycles. The zero-order valence-corrected chi connectivity index (χ0v) is 11.1. The van der Waals surface area contributed by atoms with Crippen molar-refractivity contribution in [2.24, 2.45) is 5.73 Å². The maximum absolute atomic E-state index is 10.6. The topological polar surface area (TPSA) is 93.0 Å². The molecular formula is C14H18N4O2. The molecule has 20 heavy (non-hydrogen) atoms. The number of nitrogens with one attached hydrogen (secondary N) is 2. The van der Waals surface area contributed by atoms with E-state index in [0.29, 0.717) is 6.61 Å². The molecule has 4 N–H and O–H groups in total. The summed E-state index contributed by atoms with van der Waals surface area (Å²) < 4.78 is 0. The summed E-state index contributed by atoms with van der Waals surface area (Å²) in [5.41, 5.74) is 9.35. The second kappa shape index (κ2) is 7.30. The van der Waals surface area contributed by atoms with E-state index in [1.165, 1.54) is 5.56 Å². The molecule has 2 rings (SSSR count). The molecule has 0 aliphatic carbocycles. The molecule has 1 unspecified atom stereocenters. The Morgan fingerprint density at radius 3 is 2.85 bits per heavy atom. The number of aryl methyl sites for hydroxylation is 1. The lowest BCUT2D eigenvalue weighted by atomic mass is 9.98. The molecule has 0 fully saturated rings. The van der Waals surface area contributed by atoms with E-state index in [2.05, 4.69) is 27.6 Å². The van der Waals surface area contributed by atoms with Gasteiger partial charge in [0.25, 0.3) is 0 Å². The first-order valence-electron chi connectivity index (χ1n) is 6.45. The third-order valence-electron chi connectivity index (χ3n) is 3.04. The van der Waals surface area contributed by atoms with Gasteiger partial charge in [-0.25, -0.2) is 15.3 Å². The highest BCUT2D eigenvalue weighted by Crippen LogP contribution is 2.19. The Hall–Kier alpha value is -2.34. The van der Waals surface area contributed by atoms with Gasteiger partial charge < -0.3 is 10.7 Å². The van der Waals surface area contributed by atoms with Gasteiger partial charge in [-0.05, 0) is 18.4 Å². The van der Waals surface area contributed by atoms with E-state index in [-0.39, 0.29) is 5.92 Å². The Balaban J connectivity index is 1.91. The van der Waals surface area contributed by atoms with Crippen LogP contribution in [0, 0.1) is 0 Å². The van der Waals surface area contributed by atoms with Crippen LogP contribution in [-0.2, 0) is 11.3 Å². The smallest absolute Gasteiger partial charge is 0.336 e. The zero-order chi connectivity index (χ0) is 14.2. The van der Waals surface area contributed by atoms with E-state index < -0.39 is 6.03 Å². The van der Waals surface area contributed by atoms with Crippen LogP contribution in [0.15, 0.2) is 42.9 Å². The minimum Gasteiger partial charge on any atom is -0.350 e. The number of rotatable bonds is 7. The van der Waals surface area contributed by atoms with Crippen molar-refractivity contribution >= 4 is 6.03 Å². The molecule has 1 heterocycles. The number of amides is 2. The first-order chi connectivity index (χ1) is 9.75. The number of carbonyl (C=O) groups excluding carboxylic acids is 1. The highest BCUT2D eigenvalue weighted by Gasteiger charge is 2.14. The van der Waals surface area contributed by atoms with Crippen molar-refractivity contribution in [3.63, 3.8) is 0 Å². The largest absolute Gasteiger partial charge is 0.350 e. The van der Waals surface area contributed by atoms with Gasteiger partial charge in [0.2, 0.25) is 0 Å². The van der Waals surface area contributed by atoms with E-state index >= 15 is 0 Å². The lowest BCUT2D eigenvalue weighted by Crippen LogP contribution is -2.31. The van der Waals surface area contributed by atoms with Crippen LogP contribution in [0.25, 0.3) is 0 Å². The fourth-order valence-corrected chi connectivity index (χ4v) is 2.02. The normalized spacial score (nSPS) is 12.0. The molecule has 0 spiro atoms. The first kappa shape index (κ1) is 14.1. The number of nitrogens with two attached hydrogens (primary N) is 1. The predicted molar refractivity (Wildman–Crippen MR) is 74.8 cm³/mol. The molecule has 0 bridgehead atoms. The second-order valence-electron chi connectivity index (χ2n) is 4.51. The molecule has 106 valence electrons. The lowest BCUT2D eigenvalue weighted by molar-refractivity contribution is 0.0522. The number of urea groups is 1. The van der Waals surface area contributed by atoms with Gasteiger partial charge in [-0.15, -0.1) is 0 Å². The van der Waals surface area contributed by atoms with Crippen LogP contribution in [0.2, 0.25) is 0 Å². The number of benzene rings is 1. The highest BCUT2D eigenvalue weighted by atomic mass is 16.7. The van der Waals surface area contributed by atoms with E-state index in [1.807, 2.05) is 18.2 Å². The predicted octanol–water partition coefficient (Wildman–Crippen LogP) is 1.73. The molecule has 1 atom stereocenters. The van der Waals surface area contributed by atoms with Crippen LogP contribution >= 0.6 is 0 Å². The molecule has 2 aromatic rings. The maximum Gasteiger partial charge on any atom is 0.336 e. The third kappa shape index (κ3) is 4.40. The van der Waals surface area contributed by atoms with Crippen molar-refractivity contribution in [1.29, 1.82) is 0 Å². The van der Waals surface area contributed by atoms with Crippen LogP contribution in [-0.4, -0.2) is 22.6 Å². The van der Waals surface area contributed by atoms with E-state index in [9.17, 15) is 4.79 Å². The number of carbonyl (C=O) groups is 1. The SMILES string of the molecule is NC(=O)NOCC(CCc1ccccc1)c1cnc[nH]1. The van der Waals surface area contributed by atoms with Gasteiger partial charge in [-0.2, -0.15) is 0 Å². The fraction of sp³-hybridized carbons (Fsp3) is 0.286. The fourth-order valence-electron chi connectivity index (χ4n) is 2.02. The molecule has 0 radical (unpaired) electrons. The highest BCUT2D eigenvalue weighted by molar-refractivity contribution is 5.70. The summed E-state index contributed by atoms with van der Waals surface area (Å²) >= 11 is 0. The van der Waals surface area contributed by atoms with E-state index in [1.54, 1.807) is 12.5 Å². The minimum atomic E-state index is -0.698. The third-order valence-corrected chi connectivity index (χ3v) is 3.04. The van der Waals surface area contributed by atoms with Gasteiger partial charge in [0, 0.05) is 17.8 Å². The van der Waals surface area contributed by atoms with Gasteiger partial charge >= 0.3 is 6.03 Å². The standard InChI is InChI=1S/C14H18N4O2/c15-14(19)18-20-9-12(13-8-16-10-17-13)7-6-11-4-2-1-3-5-11/h1-5,8,10,12H,6-7,9H2,(H,16,17)(H3,15,18,19). The molecule has 0 saturated heterocycles. The molecule has 1 aromatic heterocycles. The summed E-state index contributed by atoms with van der Waals surface area (Å²) in [6, 6.07) is 9.52. The van der Waals surface area contributed by atoms with Crippen LogP contribution in [0.5, 0.6) is 0 Å². The summed E-state index contributed by atoms with van der Waals surface area (Å²) in [6.45, 7) is 0.345. The molecule has 0 aliphatic heterocycles. The number of nitrogens with zero attached hydrogens (tertiary/aromatic N) is 1. The van der Waals surface area contributed by atoms with E-state index in [4.69, 9.17) is 10.6 Å². The summed E-state index contributed by atoms with van der Waals surface area (Å²) in [4.78, 5) is 22.8. The van der Waals surface area contributed by atoms with Gasteiger partial charge in [-0.1, -0.05) is 30.3 Å². The van der Waals surface area contributed by atoms with Crippen molar-refractivity contribution in [3.05, 3.63) is 54.1 Å². The number of hydroxylamine groups is 1. The Kier molecular flexibility index (Phi) is 5.14. The summed E-state index contributed by atoms with van der Waals surface area (Å²) in [7, 11) is 0. The minimum absolute atomic E-state index is 0.115. The van der Waals surface area contributed by atoms with Crippen LogP contribution in [0.4, 0.5) is 4.79 Å². The van der Waals surface area contributed by atoms with Gasteiger partial charge in [0.15, 0.2) is 0 Å². The van der Waals surface area contributed by atoms with Gasteiger partial charge in [0.05, 0.1) is 12.9 Å². The van der Waals surface area contributed by atoms with Crippen molar-refractivity contribution in [2.45, 2.75) is 18.8 Å². The molecule has 6 heteroatoms. The first-order valence-corrected chi connectivity index (χ1v) is 6.45. The molecule has 6 nitrogen and oxygen atoms in total. The monoisotopic (exact) mass is 274 g/mol. The molecular weight excluding hydrogens is 256 g/mol. The van der Waals surface area contributed by atoms with E-state index in [0.717, 1.165) is 18.5 Å². The number of aromatic amines is 1. The van der Waals surface area contributed by atoms with Crippen molar-refractivity contribution in [1.82, 2.24) is 15.4 Å². The number of primary amides is 1.